The van der Waals surface area contributed by atoms with E-state index in [1.165, 1.54) is 22.8 Å². The monoisotopic (exact) mass is 357 g/mol. The van der Waals surface area contributed by atoms with Crippen LogP contribution >= 0.6 is 0 Å². The van der Waals surface area contributed by atoms with Gasteiger partial charge in [0, 0.05) is 47.7 Å². The third-order valence-electron chi connectivity index (χ3n) is 5.44. The van der Waals surface area contributed by atoms with Crippen molar-refractivity contribution in [2.45, 2.75) is 32.6 Å². The Kier molecular flexibility index (Phi) is 4.71. The predicted molar refractivity (Wildman–Crippen MR) is 109 cm³/mol. The van der Waals surface area contributed by atoms with Crippen molar-refractivity contribution in [2.75, 3.05) is 0 Å². The molecule has 1 aliphatic carbocycles. The maximum absolute atomic E-state index is 11.8. The fourth-order valence-electron chi connectivity index (χ4n) is 4.03. The summed E-state index contributed by atoms with van der Waals surface area (Å²) in [5, 5.41) is 1.13. The Morgan fingerprint density at radius 3 is 3.00 bits per heavy atom. The standard InChI is InChI=1S/C23H23N3O/c1-3-18(27)12-16-5-4-6-17(11-16)19-8-10-25-23-22(19)21(14-26-23)20-13-24-9-7-15(20)2/h3,6-10,13-14,16H,1,4-5,11-12H2,2H3,(H,25,26). The molecular formula is C23H23N3O. The maximum Gasteiger partial charge on any atom is 0.155 e. The quantitative estimate of drug-likeness (QED) is 0.634. The number of nitrogens with one attached hydrogen (secondary N) is 1. The molecule has 4 heteroatoms. The first-order chi connectivity index (χ1) is 13.2. The summed E-state index contributed by atoms with van der Waals surface area (Å²) < 4.78 is 0. The molecule has 136 valence electrons. The second kappa shape index (κ2) is 7.31. The van der Waals surface area contributed by atoms with Crippen molar-refractivity contribution in [1.82, 2.24) is 15.0 Å². The SMILES string of the molecule is C=CC(=O)CC1CCC=C(c2ccnc3[nH]cc(-c4cnccc4C)c23)C1. The number of pyridine rings is 2. The average Bonchev–Trinajstić information content (AvgIpc) is 3.12. The van der Waals surface area contributed by atoms with E-state index in [-0.39, 0.29) is 5.78 Å². The number of carbonyl (C=O) groups excluding carboxylic acids is 1. The Hall–Kier alpha value is -3.01. The summed E-state index contributed by atoms with van der Waals surface area (Å²) in [6, 6.07) is 4.12. The van der Waals surface area contributed by atoms with Crippen LogP contribution < -0.4 is 0 Å². The summed E-state index contributed by atoms with van der Waals surface area (Å²) in [6.07, 6.45) is 14.9. The molecule has 1 aliphatic rings. The lowest BCUT2D eigenvalue weighted by Crippen LogP contribution is -2.11. The van der Waals surface area contributed by atoms with Gasteiger partial charge in [0.2, 0.25) is 0 Å². The van der Waals surface area contributed by atoms with Gasteiger partial charge >= 0.3 is 0 Å². The number of fused-ring (bicyclic) bond motifs is 1. The van der Waals surface area contributed by atoms with E-state index >= 15 is 0 Å². The van der Waals surface area contributed by atoms with Crippen LogP contribution in [0.4, 0.5) is 0 Å². The molecule has 0 saturated carbocycles. The van der Waals surface area contributed by atoms with E-state index in [4.69, 9.17) is 0 Å². The number of aromatic nitrogens is 3. The molecule has 1 unspecified atom stereocenters. The van der Waals surface area contributed by atoms with Crippen molar-refractivity contribution < 1.29 is 4.79 Å². The van der Waals surface area contributed by atoms with Gasteiger partial charge in [0.05, 0.1) is 0 Å². The maximum atomic E-state index is 11.8. The molecule has 27 heavy (non-hydrogen) atoms. The average molecular weight is 357 g/mol. The zero-order chi connectivity index (χ0) is 18.8. The van der Waals surface area contributed by atoms with E-state index in [1.807, 2.05) is 30.9 Å². The minimum atomic E-state index is 0.134. The number of carbonyl (C=O) groups is 1. The summed E-state index contributed by atoms with van der Waals surface area (Å²) in [7, 11) is 0. The summed E-state index contributed by atoms with van der Waals surface area (Å²) >= 11 is 0. The largest absolute Gasteiger partial charge is 0.345 e. The minimum absolute atomic E-state index is 0.134. The minimum Gasteiger partial charge on any atom is -0.345 e. The van der Waals surface area contributed by atoms with Gasteiger partial charge < -0.3 is 4.98 Å². The first kappa shape index (κ1) is 17.4. The highest BCUT2D eigenvalue weighted by atomic mass is 16.1. The van der Waals surface area contributed by atoms with Gasteiger partial charge in [-0.05, 0) is 67.0 Å². The molecule has 0 aliphatic heterocycles. The molecule has 0 amide bonds. The second-order valence-corrected chi connectivity index (χ2v) is 7.23. The zero-order valence-corrected chi connectivity index (χ0v) is 15.5. The Morgan fingerprint density at radius 1 is 1.30 bits per heavy atom. The van der Waals surface area contributed by atoms with Crippen LogP contribution in [0.2, 0.25) is 0 Å². The molecule has 1 N–H and O–H groups in total. The molecular weight excluding hydrogens is 334 g/mol. The van der Waals surface area contributed by atoms with E-state index in [0.717, 1.165) is 41.4 Å². The summed E-state index contributed by atoms with van der Waals surface area (Å²) in [4.78, 5) is 24.0. The van der Waals surface area contributed by atoms with Gasteiger partial charge in [-0.25, -0.2) is 4.98 Å². The molecule has 3 heterocycles. The number of H-pyrrole nitrogens is 1. The van der Waals surface area contributed by atoms with Gasteiger partial charge in [0.1, 0.15) is 5.65 Å². The van der Waals surface area contributed by atoms with Crippen LogP contribution in [0.3, 0.4) is 0 Å². The number of ketones is 1. The number of allylic oxidation sites excluding steroid dienone is 3. The lowest BCUT2D eigenvalue weighted by atomic mass is 9.82. The van der Waals surface area contributed by atoms with Crippen molar-refractivity contribution in [3.63, 3.8) is 0 Å². The number of hydrogen-bond acceptors (Lipinski definition) is 3. The highest BCUT2D eigenvalue weighted by Gasteiger charge is 2.22. The number of hydrogen-bond donors (Lipinski definition) is 1. The Morgan fingerprint density at radius 2 is 2.19 bits per heavy atom. The van der Waals surface area contributed by atoms with Crippen LogP contribution in [0, 0.1) is 12.8 Å². The highest BCUT2D eigenvalue weighted by molar-refractivity contribution is 6.02. The Bertz CT molecular complexity index is 1040. The lowest BCUT2D eigenvalue weighted by Gasteiger charge is -2.23. The smallest absolute Gasteiger partial charge is 0.155 e. The van der Waals surface area contributed by atoms with Crippen LogP contribution in [-0.2, 0) is 4.79 Å². The third kappa shape index (κ3) is 3.35. The number of aromatic amines is 1. The number of nitrogens with zero attached hydrogens (tertiary/aromatic N) is 2. The van der Waals surface area contributed by atoms with Crippen LogP contribution in [0.25, 0.3) is 27.7 Å². The molecule has 1 atom stereocenters. The lowest BCUT2D eigenvalue weighted by molar-refractivity contribution is -0.115. The van der Waals surface area contributed by atoms with Crippen LogP contribution in [0.15, 0.2) is 55.7 Å². The normalized spacial score (nSPS) is 16.9. The van der Waals surface area contributed by atoms with E-state index in [2.05, 4.69) is 40.6 Å². The molecule has 4 nitrogen and oxygen atoms in total. The van der Waals surface area contributed by atoms with Gasteiger partial charge in [0.25, 0.3) is 0 Å². The molecule has 0 radical (unpaired) electrons. The third-order valence-corrected chi connectivity index (χ3v) is 5.44. The van der Waals surface area contributed by atoms with Crippen LogP contribution in [-0.4, -0.2) is 20.7 Å². The second-order valence-electron chi connectivity index (χ2n) is 7.23. The van der Waals surface area contributed by atoms with E-state index < -0.39 is 0 Å². The fraction of sp³-hybridized carbons (Fsp3) is 0.261. The topological polar surface area (TPSA) is 58.6 Å². The van der Waals surface area contributed by atoms with E-state index in [0.29, 0.717) is 12.3 Å². The Labute approximate surface area is 159 Å². The van der Waals surface area contributed by atoms with Crippen molar-refractivity contribution in [3.8, 4) is 11.1 Å². The number of rotatable bonds is 5. The summed E-state index contributed by atoms with van der Waals surface area (Å²) in [6.45, 7) is 5.71. The van der Waals surface area contributed by atoms with Crippen molar-refractivity contribution in [2.24, 2.45) is 5.92 Å². The van der Waals surface area contributed by atoms with Gasteiger partial charge in [-0.3, -0.25) is 9.78 Å². The van der Waals surface area contributed by atoms with Crippen molar-refractivity contribution in [3.05, 3.63) is 66.8 Å². The fourth-order valence-corrected chi connectivity index (χ4v) is 4.03. The molecule has 4 rings (SSSR count). The molecule has 0 bridgehead atoms. The molecule has 0 fully saturated rings. The zero-order valence-electron chi connectivity index (χ0n) is 15.5. The molecule has 0 spiro atoms. The van der Waals surface area contributed by atoms with E-state index in [9.17, 15) is 4.79 Å². The van der Waals surface area contributed by atoms with Gasteiger partial charge in [-0.15, -0.1) is 0 Å². The predicted octanol–water partition coefficient (Wildman–Crippen LogP) is 5.26. The molecule has 3 aromatic heterocycles. The number of aryl methyl sites for hydroxylation is 1. The first-order valence-corrected chi connectivity index (χ1v) is 9.39. The van der Waals surface area contributed by atoms with E-state index in [1.54, 1.807) is 0 Å². The Balaban J connectivity index is 1.78. The molecule has 0 saturated heterocycles. The van der Waals surface area contributed by atoms with Crippen molar-refractivity contribution in [1.29, 1.82) is 0 Å². The molecule has 3 aromatic rings. The summed E-state index contributed by atoms with van der Waals surface area (Å²) in [5.74, 6) is 0.510. The van der Waals surface area contributed by atoms with Crippen LogP contribution in [0.5, 0.6) is 0 Å². The molecule has 0 aromatic carbocycles. The van der Waals surface area contributed by atoms with Gasteiger partial charge in [-0.2, -0.15) is 0 Å². The first-order valence-electron chi connectivity index (χ1n) is 9.39. The van der Waals surface area contributed by atoms with Crippen LogP contribution in [0.1, 0.15) is 36.8 Å². The van der Waals surface area contributed by atoms with Gasteiger partial charge in [-0.1, -0.05) is 12.7 Å². The highest BCUT2D eigenvalue weighted by Crippen LogP contribution is 2.39. The van der Waals surface area contributed by atoms with Gasteiger partial charge in [0.15, 0.2) is 5.78 Å². The summed E-state index contributed by atoms with van der Waals surface area (Å²) in [5.41, 5.74) is 6.83. The van der Waals surface area contributed by atoms with Crippen molar-refractivity contribution >= 4 is 22.4 Å².